The SMILES string of the molecule is Cc1cccc(NC(=O)CNS(=O)(=O)c2c(F)cccc2F)c1C. The molecule has 0 unspecified atom stereocenters. The van der Waals surface area contributed by atoms with E-state index in [1.54, 1.807) is 12.1 Å². The average Bonchev–Trinajstić information content (AvgIpc) is 2.50. The van der Waals surface area contributed by atoms with Gasteiger partial charge in [-0.2, -0.15) is 0 Å². The summed E-state index contributed by atoms with van der Waals surface area (Å²) in [5, 5.41) is 2.55. The highest BCUT2D eigenvalue weighted by Gasteiger charge is 2.24. The van der Waals surface area contributed by atoms with Gasteiger partial charge in [0.25, 0.3) is 0 Å². The lowest BCUT2D eigenvalue weighted by Gasteiger charge is -2.11. The molecule has 2 rings (SSSR count). The van der Waals surface area contributed by atoms with Crippen molar-refractivity contribution in [3.63, 3.8) is 0 Å². The molecule has 2 aromatic rings. The number of carbonyl (C=O) groups excluding carboxylic acids is 1. The van der Waals surface area contributed by atoms with E-state index in [-0.39, 0.29) is 0 Å². The Morgan fingerprint density at radius 3 is 2.25 bits per heavy atom. The van der Waals surface area contributed by atoms with Crippen LogP contribution in [0.15, 0.2) is 41.3 Å². The van der Waals surface area contributed by atoms with Crippen molar-refractivity contribution in [1.82, 2.24) is 4.72 Å². The van der Waals surface area contributed by atoms with Crippen molar-refractivity contribution in [3.05, 3.63) is 59.2 Å². The zero-order chi connectivity index (χ0) is 17.9. The highest BCUT2D eigenvalue weighted by molar-refractivity contribution is 7.89. The monoisotopic (exact) mass is 354 g/mol. The Hall–Kier alpha value is -2.32. The Kier molecular flexibility index (Phi) is 5.30. The lowest BCUT2D eigenvalue weighted by atomic mass is 10.1. The highest BCUT2D eigenvalue weighted by atomic mass is 32.2. The van der Waals surface area contributed by atoms with Crippen LogP contribution in [0.2, 0.25) is 0 Å². The van der Waals surface area contributed by atoms with Crippen LogP contribution in [0.5, 0.6) is 0 Å². The van der Waals surface area contributed by atoms with Gasteiger partial charge in [-0.05, 0) is 43.2 Å². The minimum atomic E-state index is -4.49. The molecule has 5 nitrogen and oxygen atoms in total. The summed E-state index contributed by atoms with van der Waals surface area (Å²) in [4.78, 5) is 10.8. The predicted molar refractivity (Wildman–Crippen MR) is 86.1 cm³/mol. The van der Waals surface area contributed by atoms with E-state index in [1.807, 2.05) is 24.6 Å². The van der Waals surface area contributed by atoms with Gasteiger partial charge >= 0.3 is 0 Å². The minimum Gasteiger partial charge on any atom is -0.325 e. The molecule has 128 valence electrons. The molecule has 0 atom stereocenters. The van der Waals surface area contributed by atoms with Crippen LogP contribution in [0.1, 0.15) is 11.1 Å². The van der Waals surface area contributed by atoms with Gasteiger partial charge in [-0.1, -0.05) is 18.2 Å². The second-order valence-corrected chi connectivity index (χ2v) is 6.87. The van der Waals surface area contributed by atoms with Crippen LogP contribution in [0.25, 0.3) is 0 Å². The summed E-state index contributed by atoms with van der Waals surface area (Å²) in [6.45, 7) is 3.03. The van der Waals surface area contributed by atoms with E-state index in [0.717, 1.165) is 29.3 Å². The Balaban J connectivity index is 2.10. The molecule has 0 radical (unpaired) electrons. The Labute approximate surface area is 138 Å². The number of nitrogens with one attached hydrogen (secondary N) is 2. The van der Waals surface area contributed by atoms with Crippen LogP contribution >= 0.6 is 0 Å². The van der Waals surface area contributed by atoms with Gasteiger partial charge in [0.1, 0.15) is 11.6 Å². The molecule has 0 aliphatic heterocycles. The number of amides is 1. The molecule has 0 saturated carbocycles. The molecular weight excluding hydrogens is 338 g/mol. The molecule has 0 aromatic heterocycles. The van der Waals surface area contributed by atoms with E-state index in [9.17, 15) is 22.0 Å². The fraction of sp³-hybridized carbons (Fsp3) is 0.188. The van der Waals surface area contributed by atoms with Crippen molar-refractivity contribution in [3.8, 4) is 0 Å². The molecule has 0 aliphatic carbocycles. The van der Waals surface area contributed by atoms with Crippen LogP contribution in [0.4, 0.5) is 14.5 Å². The molecule has 0 saturated heterocycles. The van der Waals surface area contributed by atoms with Gasteiger partial charge in [0, 0.05) is 5.69 Å². The normalized spacial score (nSPS) is 11.3. The van der Waals surface area contributed by atoms with E-state index >= 15 is 0 Å². The largest absolute Gasteiger partial charge is 0.325 e. The number of aryl methyl sites for hydroxylation is 1. The Bertz CT molecular complexity index is 863. The second-order valence-electron chi connectivity index (χ2n) is 5.17. The first kappa shape index (κ1) is 18.0. The maximum atomic E-state index is 13.6. The summed E-state index contributed by atoms with van der Waals surface area (Å²) < 4.78 is 53.0. The maximum Gasteiger partial charge on any atom is 0.246 e. The van der Waals surface area contributed by atoms with Crippen LogP contribution in [-0.2, 0) is 14.8 Å². The number of benzene rings is 2. The summed E-state index contributed by atoms with van der Waals surface area (Å²) in [6, 6.07) is 8.00. The number of hydrogen-bond donors (Lipinski definition) is 2. The van der Waals surface area contributed by atoms with Crippen molar-refractivity contribution in [2.75, 3.05) is 11.9 Å². The van der Waals surface area contributed by atoms with Gasteiger partial charge in [0.15, 0.2) is 4.90 Å². The molecule has 2 aromatic carbocycles. The number of halogens is 2. The van der Waals surface area contributed by atoms with Crippen LogP contribution in [0.3, 0.4) is 0 Å². The van der Waals surface area contributed by atoms with Crippen molar-refractivity contribution in [2.45, 2.75) is 18.7 Å². The smallest absolute Gasteiger partial charge is 0.246 e. The van der Waals surface area contributed by atoms with Crippen LogP contribution in [-0.4, -0.2) is 20.9 Å². The van der Waals surface area contributed by atoms with Crippen molar-refractivity contribution in [1.29, 1.82) is 0 Å². The maximum absolute atomic E-state index is 13.6. The molecule has 0 aliphatic rings. The lowest BCUT2D eigenvalue weighted by molar-refractivity contribution is -0.115. The molecule has 8 heteroatoms. The summed E-state index contributed by atoms with van der Waals surface area (Å²) in [6.07, 6.45) is 0. The van der Waals surface area contributed by atoms with Gasteiger partial charge in [0.2, 0.25) is 15.9 Å². The number of hydrogen-bond acceptors (Lipinski definition) is 3. The Morgan fingerprint density at radius 1 is 1.04 bits per heavy atom. The average molecular weight is 354 g/mol. The second kappa shape index (κ2) is 7.06. The lowest BCUT2D eigenvalue weighted by Crippen LogP contribution is -2.34. The van der Waals surface area contributed by atoms with Gasteiger partial charge in [-0.3, -0.25) is 4.79 Å². The van der Waals surface area contributed by atoms with E-state index in [1.165, 1.54) is 0 Å². The third-order valence-electron chi connectivity index (χ3n) is 3.49. The highest BCUT2D eigenvalue weighted by Crippen LogP contribution is 2.19. The number of sulfonamides is 1. The van der Waals surface area contributed by atoms with E-state index in [4.69, 9.17) is 0 Å². The third kappa shape index (κ3) is 3.95. The fourth-order valence-corrected chi connectivity index (χ4v) is 3.17. The van der Waals surface area contributed by atoms with E-state index in [0.29, 0.717) is 5.69 Å². The third-order valence-corrected chi connectivity index (χ3v) is 4.94. The molecule has 2 N–H and O–H groups in total. The van der Waals surface area contributed by atoms with E-state index < -0.39 is 39.0 Å². The predicted octanol–water partition coefficient (Wildman–Crippen LogP) is 2.50. The molecule has 1 amide bonds. The van der Waals surface area contributed by atoms with Crippen LogP contribution < -0.4 is 10.0 Å². The Morgan fingerprint density at radius 2 is 1.62 bits per heavy atom. The van der Waals surface area contributed by atoms with Gasteiger partial charge in [-0.25, -0.2) is 21.9 Å². The topological polar surface area (TPSA) is 75.3 Å². The first-order valence-electron chi connectivity index (χ1n) is 7.02. The molecule has 0 bridgehead atoms. The summed E-state index contributed by atoms with van der Waals surface area (Å²) >= 11 is 0. The first-order chi connectivity index (χ1) is 11.2. The zero-order valence-corrected chi connectivity index (χ0v) is 13.9. The fourth-order valence-electron chi connectivity index (χ4n) is 2.05. The van der Waals surface area contributed by atoms with Crippen molar-refractivity contribution in [2.24, 2.45) is 0 Å². The van der Waals surface area contributed by atoms with Gasteiger partial charge < -0.3 is 5.32 Å². The van der Waals surface area contributed by atoms with Crippen LogP contribution in [0, 0.1) is 25.5 Å². The molecular formula is C16H16F2N2O3S. The van der Waals surface area contributed by atoms with E-state index in [2.05, 4.69) is 5.32 Å². The first-order valence-corrected chi connectivity index (χ1v) is 8.50. The summed E-state index contributed by atoms with van der Waals surface area (Å²) in [5.74, 6) is -3.10. The number of carbonyl (C=O) groups is 1. The molecule has 0 spiro atoms. The zero-order valence-electron chi connectivity index (χ0n) is 13.1. The van der Waals surface area contributed by atoms with Gasteiger partial charge in [-0.15, -0.1) is 0 Å². The quantitative estimate of drug-likeness (QED) is 0.866. The molecule has 24 heavy (non-hydrogen) atoms. The summed E-state index contributed by atoms with van der Waals surface area (Å²) in [5.41, 5.74) is 2.34. The number of rotatable bonds is 5. The molecule has 0 heterocycles. The molecule has 0 fully saturated rings. The standard InChI is InChI=1S/C16H16F2N2O3S/c1-10-5-3-8-14(11(10)2)20-15(21)9-19-24(22,23)16-12(17)6-4-7-13(16)18/h3-8,19H,9H2,1-2H3,(H,20,21). The number of anilines is 1. The van der Waals surface area contributed by atoms with Crippen molar-refractivity contribution < 1.29 is 22.0 Å². The summed E-state index contributed by atoms with van der Waals surface area (Å²) in [7, 11) is -4.49. The van der Waals surface area contributed by atoms with Crippen molar-refractivity contribution >= 4 is 21.6 Å². The minimum absolute atomic E-state index is 0.538. The van der Waals surface area contributed by atoms with Gasteiger partial charge in [0.05, 0.1) is 6.54 Å².